The van der Waals surface area contributed by atoms with Crippen LogP contribution in [0.25, 0.3) is 0 Å². The van der Waals surface area contributed by atoms with Gasteiger partial charge >= 0.3 is 12.1 Å². The van der Waals surface area contributed by atoms with Gasteiger partial charge in [-0.1, -0.05) is 51.7 Å². The molecule has 0 aromatic rings. The van der Waals surface area contributed by atoms with Crippen molar-refractivity contribution in [2.24, 2.45) is 5.16 Å². The number of hydrogen-bond donors (Lipinski definition) is 0. The Hall–Kier alpha value is -0.0200. The van der Waals surface area contributed by atoms with Gasteiger partial charge in [0.05, 0.1) is 6.61 Å². The number of amides is 1. The van der Waals surface area contributed by atoms with Crippen molar-refractivity contribution in [3.05, 3.63) is 0 Å². The molecule has 0 N–H and O–H groups in total. The molecule has 0 fully saturated rings. The Bertz CT molecular complexity index is 404. The highest BCUT2D eigenvalue weighted by atomic mass is 35.6. The minimum absolute atomic E-state index is 0.300. The lowest BCUT2D eigenvalue weighted by molar-refractivity contribution is -0.142. The number of carbonyl (C=O) groups is 2. The number of halogens is 3. The Morgan fingerprint density at radius 1 is 1.38 bits per heavy atom. The summed E-state index contributed by atoms with van der Waals surface area (Å²) in [6.45, 7) is 5.27. The average Bonchev–Trinajstić information content (AvgIpc) is 2.33. The number of thioether (sulfide) groups is 1. The molecule has 0 aliphatic rings. The molecule has 0 heterocycles. The van der Waals surface area contributed by atoms with Crippen LogP contribution >= 0.6 is 58.5 Å². The highest BCUT2D eigenvalue weighted by molar-refractivity contribution is 8.14. The van der Waals surface area contributed by atoms with Gasteiger partial charge in [-0.2, -0.15) is 0 Å². The van der Waals surface area contributed by atoms with Crippen molar-refractivity contribution in [1.29, 1.82) is 0 Å². The molecule has 122 valence electrons. The third kappa shape index (κ3) is 10.4. The SMILES string of the molecule is CCOC(=O)C(C)S/C(C)=N/OC(=O)N(C)SC(Cl)(Cl)Cl. The number of rotatable bonds is 5. The number of carbonyl (C=O) groups excluding carboxylic acids is 2. The largest absolute Gasteiger partial charge is 0.465 e. The van der Waals surface area contributed by atoms with Gasteiger partial charge in [0.1, 0.15) is 10.3 Å². The fourth-order valence-corrected chi connectivity index (χ4v) is 3.04. The Morgan fingerprint density at radius 2 is 1.95 bits per heavy atom. The van der Waals surface area contributed by atoms with Gasteiger partial charge in [0.2, 0.25) is 0 Å². The second-order valence-electron chi connectivity index (χ2n) is 3.51. The maximum atomic E-state index is 11.5. The zero-order valence-electron chi connectivity index (χ0n) is 11.8. The lowest BCUT2D eigenvalue weighted by atomic mass is 10.5. The van der Waals surface area contributed by atoms with E-state index < -0.39 is 14.5 Å². The molecular formula is C10H15Cl3N2O4S2. The van der Waals surface area contributed by atoms with Crippen molar-refractivity contribution in [2.45, 2.75) is 29.1 Å². The zero-order chi connectivity index (χ0) is 16.6. The Balaban J connectivity index is 4.34. The quantitative estimate of drug-likeness (QED) is 0.133. The van der Waals surface area contributed by atoms with E-state index in [0.29, 0.717) is 23.6 Å². The maximum absolute atomic E-state index is 11.5. The molecule has 0 aliphatic carbocycles. The monoisotopic (exact) mass is 396 g/mol. The predicted octanol–water partition coefficient (Wildman–Crippen LogP) is 4.05. The first-order valence-electron chi connectivity index (χ1n) is 5.65. The van der Waals surface area contributed by atoms with Crippen molar-refractivity contribution in [1.82, 2.24) is 4.31 Å². The van der Waals surface area contributed by atoms with E-state index in [2.05, 4.69) is 9.99 Å². The number of hydrogen-bond acceptors (Lipinski definition) is 7. The average molecular weight is 398 g/mol. The summed E-state index contributed by atoms with van der Waals surface area (Å²) >= 11 is 18.3. The predicted molar refractivity (Wildman–Crippen MR) is 88.9 cm³/mol. The first-order valence-corrected chi connectivity index (χ1v) is 8.44. The number of oxime groups is 1. The topological polar surface area (TPSA) is 68.2 Å². The minimum Gasteiger partial charge on any atom is -0.465 e. The van der Waals surface area contributed by atoms with E-state index in [1.54, 1.807) is 20.8 Å². The molecule has 1 unspecified atom stereocenters. The first-order chi connectivity index (χ1) is 9.56. The van der Waals surface area contributed by atoms with Gasteiger partial charge < -0.3 is 4.74 Å². The van der Waals surface area contributed by atoms with E-state index in [4.69, 9.17) is 39.5 Å². The van der Waals surface area contributed by atoms with Gasteiger partial charge in [0, 0.05) is 19.0 Å². The van der Waals surface area contributed by atoms with Crippen molar-refractivity contribution in [3.63, 3.8) is 0 Å². The van der Waals surface area contributed by atoms with Gasteiger partial charge in [0.25, 0.3) is 3.12 Å². The van der Waals surface area contributed by atoms with Crippen molar-refractivity contribution in [3.8, 4) is 0 Å². The van der Waals surface area contributed by atoms with E-state index in [0.717, 1.165) is 16.1 Å². The minimum atomic E-state index is -1.68. The van der Waals surface area contributed by atoms with Crippen LogP contribution in [0.4, 0.5) is 4.79 Å². The molecule has 6 nitrogen and oxygen atoms in total. The van der Waals surface area contributed by atoms with Gasteiger partial charge in [-0.15, -0.1) is 0 Å². The molecule has 0 aliphatic heterocycles. The van der Waals surface area contributed by atoms with Crippen LogP contribution in [0.5, 0.6) is 0 Å². The lowest BCUT2D eigenvalue weighted by Gasteiger charge is -2.18. The van der Waals surface area contributed by atoms with Crippen molar-refractivity contribution >= 4 is 75.6 Å². The summed E-state index contributed by atoms with van der Waals surface area (Å²) in [6, 6.07) is 0. The molecule has 0 aromatic heterocycles. The molecule has 0 bridgehead atoms. The van der Waals surface area contributed by atoms with Gasteiger partial charge in [0.15, 0.2) is 0 Å². The smallest absolute Gasteiger partial charge is 0.445 e. The summed E-state index contributed by atoms with van der Waals surface area (Å²) in [5.74, 6) is -0.368. The summed E-state index contributed by atoms with van der Waals surface area (Å²) in [7, 11) is 1.37. The molecule has 21 heavy (non-hydrogen) atoms. The number of alkyl halides is 3. The van der Waals surface area contributed by atoms with Crippen molar-refractivity contribution < 1.29 is 19.2 Å². The lowest BCUT2D eigenvalue weighted by Crippen LogP contribution is -2.23. The van der Waals surface area contributed by atoms with Crippen LogP contribution in [0.2, 0.25) is 0 Å². The fraction of sp³-hybridized carbons (Fsp3) is 0.700. The van der Waals surface area contributed by atoms with Crippen LogP contribution in [0, 0.1) is 0 Å². The van der Waals surface area contributed by atoms with E-state index in [9.17, 15) is 9.59 Å². The van der Waals surface area contributed by atoms with Crippen LogP contribution in [0.3, 0.4) is 0 Å². The van der Waals surface area contributed by atoms with Crippen molar-refractivity contribution in [2.75, 3.05) is 13.7 Å². The molecule has 0 radical (unpaired) electrons. The summed E-state index contributed by atoms with van der Waals surface area (Å²) in [5, 5.41) is 3.52. The van der Waals surface area contributed by atoms with E-state index >= 15 is 0 Å². The Morgan fingerprint density at radius 3 is 2.43 bits per heavy atom. The van der Waals surface area contributed by atoms with Crippen LogP contribution < -0.4 is 0 Å². The molecule has 1 atom stereocenters. The Labute approximate surface area is 146 Å². The number of ether oxygens (including phenoxy) is 1. The van der Waals surface area contributed by atoms with Crippen LogP contribution in [0.15, 0.2) is 5.16 Å². The second-order valence-corrected chi connectivity index (χ2v) is 9.34. The molecule has 0 saturated carbocycles. The normalized spacial score (nSPS) is 13.6. The summed E-state index contributed by atoms with van der Waals surface area (Å²) in [4.78, 5) is 27.6. The molecule has 11 heteroatoms. The standard InChI is InChI=1S/C10H15Cl3N2O4S2/c1-5-18-8(16)6(2)20-7(3)14-19-9(17)15(4)21-10(11,12)13/h6H,5H2,1-4H3/b14-7+. The highest BCUT2D eigenvalue weighted by Crippen LogP contribution is 2.40. The molecule has 0 spiro atoms. The molecular weight excluding hydrogens is 383 g/mol. The van der Waals surface area contributed by atoms with Crippen LogP contribution in [0.1, 0.15) is 20.8 Å². The molecule has 0 aromatic carbocycles. The molecule has 0 rings (SSSR count). The van der Waals surface area contributed by atoms with E-state index in [1.807, 2.05) is 0 Å². The van der Waals surface area contributed by atoms with E-state index in [1.165, 1.54) is 7.05 Å². The number of esters is 1. The van der Waals surface area contributed by atoms with Gasteiger partial charge in [-0.25, -0.2) is 9.10 Å². The summed E-state index contributed by atoms with van der Waals surface area (Å²) < 4.78 is 4.15. The Kier molecular flexibility index (Phi) is 9.88. The third-order valence-corrected chi connectivity index (χ3v) is 3.93. The maximum Gasteiger partial charge on any atom is 0.445 e. The van der Waals surface area contributed by atoms with Gasteiger partial charge in [-0.3, -0.25) is 9.63 Å². The third-order valence-electron chi connectivity index (χ3n) is 1.72. The molecule has 1 amide bonds. The number of nitrogens with zero attached hydrogens (tertiary/aromatic N) is 2. The summed E-state index contributed by atoms with van der Waals surface area (Å²) in [6.07, 6.45) is -0.810. The molecule has 0 saturated heterocycles. The first kappa shape index (κ1) is 21.0. The zero-order valence-corrected chi connectivity index (χ0v) is 15.7. The van der Waals surface area contributed by atoms with Crippen LogP contribution in [-0.2, 0) is 14.4 Å². The van der Waals surface area contributed by atoms with E-state index in [-0.39, 0.29) is 5.97 Å². The van der Waals surface area contributed by atoms with Gasteiger partial charge in [-0.05, 0) is 20.8 Å². The second kappa shape index (κ2) is 9.89. The van der Waals surface area contributed by atoms with Crippen LogP contribution in [-0.4, -0.2) is 43.4 Å². The highest BCUT2D eigenvalue weighted by Gasteiger charge is 2.27. The summed E-state index contributed by atoms with van der Waals surface area (Å²) in [5.41, 5.74) is 0. The fourth-order valence-electron chi connectivity index (χ4n) is 0.938.